The minimum atomic E-state index is 0.754. The molecule has 0 amide bonds. The van der Waals surface area contributed by atoms with E-state index in [0.29, 0.717) is 0 Å². The van der Waals surface area contributed by atoms with Gasteiger partial charge >= 0.3 is 0 Å². The lowest BCUT2D eigenvalue weighted by atomic mass is 10.0. The fraction of sp³-hybridized carbons (Fsp3) is 0.625. The van der Waals surface area contributed by atoms with Gasteiger partial charge in [-0.1, -0.05) is 0 Å². The highest BCUT2D eigenvalue weighted by Gasteiger charge is 2.17. The van der Waals surface area contributed by atoms with E-state index in [1.807, 2.05) is 4.52 Å². The molecule has 0 saturated carbocycles. The van der Waals surface area contributed by atoms with Crippen molar-refractivity contribution >= 4 is 23.1 Å². The summed E-state index contributed by atoms with van der Waals surface area (Å²) in [5.74, 6) is 4.35. The second-order valence-corrected chi connectivity index (χ2v) is 7.39. The molecule has 2 aliphatic rings. The Kier molecular flexibility index (Phi) is 4.21. The zero-order chi connectivity index (χ0) is 14.8. The Hall–Kier alpha value is -1.27. The maximum atomic E-state index is 4.76. The Bertz CT molecular complexity index is 628. The molecule has 1 atom stereocenters. The number of rotatable bonds is 3. The van der Waals surface area contributed by atoms with Crippen molar-refractivity contribution < 1.29 is 0 Å². The Labute approximate surface area is 135 Å². The normalized spacial score (nSPS) is 23.1. The molecule has 6 heteroatoms. The van der Waals surface area contributed by atoms with E-state index in [1.165, 1.54) is 30.0 Å². The first-order chi connectivity index (χ1) is 10.9. The number of nitrogens with one attached hydrogen (secondary N) is 1. The van der Waals surface area contributed by atoms with Crippen molar-refractivity contribution in [2.45, 2.75) is 19.3 Å². The van der Waals surface area contributed by atoms with Gasteiger partial charge in [-0.25, -0.2) is 9.50 Å². The van der Waals surface area contributed by atoms with Crippen LogP contribution in [0.2, 0.25) is 0 Å². The van der Waals surface area contributed by atoms with E-state index >= 15 is 0 Å². The van der Waals surface area contributed by atoms with Crippen LogP contribution < -0.4 is 10.2 Å². The molecule has 2 aromatic heterocycles. The molecule has 0 aromatic carbocycles. The second-order valence-electron chi connectivity index (χ2n) is 6.24. The SMILES string of the molecule is c1cn2nc(CC3CCCSC3)nc2cc1N1CCNCC1. The fourth-order valence-electron chi connectivity index (χ4n) is 3.35. The Morgan fingerprint density at radius 1 is 1.32 bits per heavy atom. The number of hydrogen-bond acceptors (Lipinski definition) is 5. The molecule has 2 aliphatic heterocycles. The van der Waals surface area contributed by atoms with Gasteiger partial charge in [0.1, 0.15) is 0 Å². The molecule has 2 saturated heterocycles. The van der Waals surface area contributed by atoms with Crippen LogP contribution >= 0.6 is 11.8 Å². The average Bonchev–Trinajstić information content (AvgIpc) is 2.98. The van der Waals surface area contributed by atoms with E-state index < -0.39 is 0 Å². The molecule has 1 N–H and O–H groups in total. The number of thioether (sulfide) groups is 1. The number of pyridine rings is 1. The van der Waals surface area contributed by atoms with Crippen LogP contribution in [0.15, 0.2) is 18.3 Å². The predicted octanol–water partition coefficient (Wildman–Crippen LogP) is 1.82. The minimum absolute atomic E-state index is 0.754. The smallest absolute Gasteiger partial charge is 0.157 e. The van der Waals surface area contributed by atoms with E-state index in [0.717, 1.165) is 50.0 Å². The van der Waals surface area contributed by atoms with Gasteiger partial charge in [-0.3, -0.25) is 0 Å². The first-order valence-corrected chi connectivity index (χ1v) is 9.43. The number of piperazine rings is 1. The molecule has 2 aromatic rings. The highest BCUT2D eigenvalue weighted by atomic mass is 32.2. The van der Waals surface area contributed by atoms with Crippen molar-refractivity contribution in [3.05, 3.63) is 24.2 Å². The molecule has 2 fully saturated rings. The molecule has 5 nitrogen and oxygen atoms in total. The lowest BCUT2D eigenvalue weighted by molar-refractivity contribution is 0.508. The Balaban J connectivity index is 1.52. The van der Waals surface area contributed by atoms with Crippen molar-refractivity contribution in [1.29, 1.82) is 0 Å². The molecule has 0 aliphatic carbocycles. The minimum Gasteiger partial charge on any atom is -0.369 e. The summed E-state index contributed by atoms with van der Waals surface area (Å²) in [6, 6.07) is 4.34. The molecule has 0 bridgehead atoms. The number of aromatic nitrogens is 3. The van der Waals surface area contributed by atoms with Crippen molar-refractivity contribution in [2.24, 2.45) is 5.92 Å². The van der Waals surface area contributed by atoms with Crippen molar-refractivity contribution in [3.8, 4) is 0 Å². The van der Waals surface area contributed by atoms with E-state index in [9.17, 15) is 0 Å². The summed E-state index contributed by atoms with van der Waals surface area (Å²) in [6.07, 6.45) is 5.75. The van der Waals surface area contributed by atoms with E-state index in [2.05, 4.69) is 45.4 Å². The highest BCUT2D eigenvalue weighted by molar-refractivity contribution is 7.99. The van der Waals surface area contributed by atoms with E-state index in [-0.39, 0.29) is 0 Å². The van der Waals surface area contributed by atoms with Crippen molar-refractivity contribution in [3.63, 3.8) is 0 Å². The van der Waals surface area contributed by atoms with Gasteiger partial charge in [0.05, 0.1) is 0 Å². The molecule has 4 rings (SSSR count). The van der Waals surface area contributed by atoms with Crippen LogP contribution in [0.4, 0.5) is 5.69 Å². The summed E-state index contributed by atoms with van der Waals surface area (Å²) < 4.78 is 1.93. The van der Waals surface area contributed by atoms with Gasteiger partial charge in [0.15, 0.2) is 11.5 Å². The summed E-state index contributed by atoms with van der Waals surface area (Å²) in [5, 5.41) is 8.05. The molecule has 0 spiro atoms. The maximum absolute atomic E-state index is 4.76. The summed E-state index contributed by atoms with van der Waals surface area (Å²) in [6.45, 7) is 4.25. The third-order valence-corrected chi connectivity index (χ3v) is 5.86. The van der Waals surface area contributed by atoms with Crippen LogP contribution in [-0.4, -0.2) is 52.3 Å². The Morgan fingerprint density at radius 3 is 3.05 bits per heavy atom. The van der Waals surface area contributed by atoms with Gasteiger partial charge in [-0.2, -0.15) is 16.9 Å². The highest BCUT2D eigenvalue weighted by Crippen LogP contribution is 2.25. The van der Waals surface area contributed by atoms with Crippen molar-refractivity contribution in [1.82, 2.24) is 19.9 Å². The van der Waals surface area contributed by atoms with Crippen LogP contribution in [-0.2, 0) is 6.42 Å². The molecular formula is C16H23N5S. The Morgan fingerprint density at radius 2 is 2.23 bits per heavy atom. The molecule has 4 heterocycles. The van der Waals surface area contributed by atoms with Crippen LogP contribution in [0, 0.1) is 5.92 Å². The molecule has 1 unspecified atom stereocenters. The summed E-state index contributed by atoms with van der Waals surface area (Å²) in [4.78, 5) is 7.18. The van der Waals surface area contributed by atoms with E-state index in [1.54, 1.807) is 0 Å². The van der Waals surface area contributed by atoms with Crippen molar-refractivity contribution in [2.75, 3.05) is 42.6 Å². The summed E-state index contributed by atoms with van der Waals surface area (Å²) in [5.41, 5.74) is 2.25. The van der Waals surface area contributed by atoms with Crippen LogP contribution in [0.25, 0.3) is 5.65 Å². The lowest BCUT2D eigenvalue weighted by Gasteiger charge is -2.29. The first-order valence-electron chi connectivity index (χ1n) is 8.27. The molecule has 118 valence electrons. The topological polar surface area (TPSA) is 45.5 Å². The summed E-state index contributed by atoms with van der Waals surface area (Å²) >= 11 is 2.08. The molecular weight excluding hydrogens is 294 g/mol. The summed E-state index contributed by atoms with van der Waals surface area (Å²) in [7, 11) is 0. The van der Waals surface area contributed by atoms with Gasteiger partial charge in [-0.15, -0.1) is 0 Å². The second kappa shape index (κ2) is 6.46. The van der Waals surface area contributed by atoms with Crippen LogP contribution in [0.3, 0.4) is 0 Å². The van der Waals surface area contributed by atoms with Gasteiger partial charge in [-0.05, 0) is 36.3 Å². The van der Waals surface area contributed by atoms with Gasteiger partial charge < -0.3 is 10.2 Å². The molecule has 0 radical (unpaired) electrons. The predicted molar refractivity (Wildman–Crippen MR) is 91.8 cm³/mol. The van der Waals surface area contributed by atoms with Crippen LogP contribution in [0.5, 0.6) is 0 Å². The maximum Gasteiger partial charge on any atom is 0.157 e. The third kappa shape index (κ3) is 3.08. The fourth-order valence-corrected chi connectivity index (χ4v) is 4.50. The van der Waals surface area contributed by atoms with Crippen LogP contribution in [0.1, 0.15) is 18.7 Å². The largest absolute Gasteiger partial charge is 0.369 e. The number of nitrogens with zero attached hydrogens (tertiary/aromatic N) is 4. The monoisotopic (exact) mass is 317 g/mol. The number of hydrogen-bond donors (Lipinski definition) is 1. The standard InChI is InChI=1S/C16H23N5S/c1-2-13(12-22-9-1)10-15-18-16-11-14(3-6-21(16)19-15)20-7-4-17-5-8-20/h3,6,11,13,17H,1-2,4-5,7-10,12H2. The first kappa shape index (κ1) is 14.3. The lowest BCUT2D eigenvalue weighted by Crippen LogP contribution is -2.43. The third-order valence-electron chi connectivity index (χ3n) is 4.57. The van der Waals surface area contributed by atoms with Gasteiger partial charge in [0, 0.05) is 50.6 Å². The quantitative estimate of drug-likeness (QED) is 0.936. The van der Waals surface area contributed by atoms with Gasteiger partial charge in [0.25, 0.3) is 0 Å². The zero-order valence-corrected chi connectivity index (χ0v) is 13.7. The van der Waals surface area contributed by atoms with Gasteiger partial charge in [0.2, 0.25) is 0 Å². The van der Waals surface area contributed by atoms with E-state index in [4.69, 9.17) is 4.98 Å². The number of fused-ring (bicyclic) bond motifs is 1. The number of anilines is 1. The molecule has 22 heavy (non-hydrogen) atoms. The zero-order valence-electron chi connectivity index (χ0n) is 12.9. The average molecular weight is 317 g/mol.